The molecule has 90 valence electrons. The van der Waals surface area contributed by atoms with Gasteiger partial charge in [-0.05, 0) is 18.6 Å². The third kappa shape index (κ3) is 2.12. The minimum Gasteiger partial charge on any atom is -0.391 e. The van der Waals surface area contributed by atoms with E-state index in [0.29, 0.717) is 18.7 Å². The Morgan fingerprint density at radius 2 is 2.24 bits per heavy atom. The molecule has 0 aromatic heterocycles. The SMILES string of the molecule is O=C1CCCN1c1ccc([N+](=O)[O-])c(CO)c1. The maximum absolute atomic E-state index is 11.5. The van der Waals surface area contributed by atoms with Gasteiger partial charge in [0.2, 0.25) is 5.91 Å². The number of nitro benzene ring substituents is 1. The number of carbonyl (C=O) groups excluding carboxylic acids is 1. The lowest BCUT2D eigenvalue weighted by Crippen LogP contribution is -2.23. The quantitative estimate of drug-likeness (QED) is 0.631. The lowest BCUT2D eigenvalue weighted by molar-refractivity contribution is -0.385. The van der Waals surface area contributed by atoms with Crippen LogP contribution in [0.2, 0.25) is 0 Å². The summed E-state index contributed by atoms with van der Waals surface area (Å²) in [5.74, 6) is 0.0164. The highest BCUT2D eigenvalue weighted by molar-refractivity contribution is 5.95. The second kappa shape index (κ2) is 4.50. The summed E-state index contributed by atoms with van der Waals surface area (Å²) in [6, 6.07) is 4.37. The molecule has 0 aliphatic carbocycles. The molecule has 1 fully saturated rings. The van der Waals surface area contributed by atoms with Crippen LogP contribution in [0.1, 0.15) is 18.4 Å². The first-order valence-electron chi connectivity index (χ1n) is 5.32. The maximum atomic E-state index is 11.5. The Morgan fingerprint density at radius 1 is 1.47 bits per heavy atom. The summed E-state index contributed by atoms with van der Waals surface area (Å²) < 4.78 is 0. The first kappa shape index (κ1) is 11.5. The molecule has 1 N–H and O–H groups in total. The number of amides is 1. The molecule has 1 heterocycles. The van der Waals surface area contributed by atoms with Crippen molar-refractivity contribution in [3.05, 3.63) is 33.9 Å². The summed E-state index contributed by atoms with van der Waals surface area (Å²) in [6.45, 7) is 0.216. The highest BCUT2D eigenvalue weighted by atomic mass is 16.6. The fourth-order valence-electron chi connectivity index (χ4n) is 1.97. The summed E-state index contributed by atoms with van der Waals surface area (Å²) in [7, 11) is 0. The van der Waals surface area contributed by atoms with Gasteiger partial charge in [0.15, 0.2) is 0 Å². The molecule has 0 spiro atoms. The highest BCUT2D eigenvalue weighted by Crippen LogP contribution is 2.27. The number of rotatable bonds is 3. The third-order valence-corrected chi connectivity index (χ3v) is 2.82. The predicted octanol–water partition coefficient (Wildman–Crippen LogP) is 1.21. The topological polar surface area (TPSA) is 83.7 Å². The van der Waals surface area contributed by atoms with Crippen LogP contribution in [0.3, 0.4) is 0 Å². The molecular formula is C11H12N2O4. The van der Waals surface area contributed by atoms with Crippen LogP contribution < -0.4 is 4.90 Å². The number of benzene rings is 1. The lowest BCUT2D eigenvalue weighted by atomic mass is 10.1. The summed E-state index contributed by atoms with van der Waals surface area (Å²) in [6.07, 6.45) is 1.30. The summed E-state index contributed by atoms with van der Waals surface area (Å²) in [5, 5.41) is 19.8. The molecule has 2 rings (SSSR count). The number of aliphatic hydroxyl groups is 1. The van der Waals surface area contributed by atoms with Crippen molar-refractivity contribution in [3.8, 4) is 0 Å². The van der Waals surface area contributed by atoms with Crippen LogP contribution >= 0.6 is 0 Å². The van der Waals surface area contributed by atoms with Crippen molar-refractivity contribution in [3.63, 3.8) is 0 Å². The van der Waals surface area contributed by atoms with Crippen LogP contribution in [0.15, 0.2) is 18.2 Å². The smallest absolute Gasteiger partial charge is 0.275 e. The average molecular weight is 236 g/mol. The van der Waals surface area contributed by atoms with Crippen LogP contribution in [0.25, 0.3) is 0 Å². The van der Waals surface area contributed by atoms with E-state index in [2.05, 4.69) is 0 Å². The zero-order valence-electron chi connectivity index (χ0n) is 9.13. The van der Waals surface area contributed by atoms with Crippen molar-refractivity contribution in [2.75, 3.05) is 11.4 Å². The molecule has 1 amide bonds. The number of nitrogens with zero attached hydrogens (tertiary/aromatic N) is 2. The van der Waals surface area contributed by atoms with Gasteiger partial charge < -0.3 is 10.0 Å². The van der Waals surface area contributed by atoms with E-state index in [1.807, 2.05) is 0 Å². The summed E-state index contributed by atoms with van der Waals surface area (Å²) in [4.78, 5) is 23.3. The van der Waals surface area contributed by atoms with Gasteiger partial charge in [-0.15, -0.1) is 0 Å². The monoisotopic (exact) mass is 236 g/mol. The van der Waals surface area contributed by atoms with Gasteiger partial charge in [0, 0.05) is 24.7 Å². The first-order chi connectivity index (χ1) is 8.13. The normalized spacial score (nSPS) is 15.4. The fraction of sp³-hybridized carbons (Fsp3) is 0.364. The van der Waals surface area contributed by atoms with E-state index in [1.165, 1.54) is 12.1 Å². The highest BCUT2D eigenvalue weighted by Gasteiger charge is 2.23. The Morgan fingerprint density at radius 3 is 2.76 bits per heavy atom. The molecule has 0 saturated carbocycles. The predicted molar refractivity (Wildman–Crippen MR) is 60.6 cm³/mol. The van der Waals surface area contributed by atoms with Gasteiger partial charge in [-0.1, -0.05) is 0 Å². The second-order valence-electron chi connectivity index (χ2n) is 3.88. The van der Waals surface area contributed by atoms with E-state index in [1.54, 1.807) is 11.0 Å². The molecule has 6 heteroatoms. The van der Waals surface area contributed by atoms with E-state index in [0.717, 1.165) is 6.42 Å². The van der Waals surface area contributed by atoms with Gasteiger partial charge in [0.05, 0.1) is 17.1 Å². The van der Waals surface area contributed by atoms with E-state index in [-0.39, 0.29) is 17.2 Å². The molecular weight excluding hydrogens is 224 g/mol. The molecule has 1 aromatic rings. The molecule has 1 aliphatic rings. The third-order valence-electron chi connectivity index (χ3n) is 2.82. The van der Waals surface area contributed by atoms with Crippen molar-refractivity contribution in [1.29, 1.82) is 0 Å². The van der Waals surface area contributed by atoms with Gasteiger partial charge in [-0.25, -0.2) is 0 Å². The van der Waals surface area contributed by atoms with Gasteiger partial charge in [-0.2, -0.15) is 0 Å². The van der Waals surface area contributed by atoms with Crippen molar-refractivity contribution in [2.45, 2.75) is 19.4 Å². The standard InChI is InChI=1S/C11H12N2O4/c14-7-8-6-9(3-4-10(8)13(16)17)12-5-1-2-11(12)15/h3-4,6,14H,1-2,5,7H2. The Kier molecular flexibility index (Phi) is 3.06. The largest absolute Gasteiger partial charge is 0.391 e. The van der Waals surface area contributed by atoms with E-state index >= 15 is 0 Å². The summed E-state index contributed by atoms with van der Waals surface area (Å²) in [5.41, 5.74) is 0.720. The molecule has 1 saturated heterocycles. The number of carbonyl (C=O) groups is 1. The second-order valence-corrected chi connectivity index (χ2v) is 3.88. The molecule has 1 aromatic carbocycles. The minimum absolute atomic E-state index is 0.0164. The van der Waals surface area contributed by atoms with Gasteiger partial charge in [-0.3, -0.25) is 14.9 Å². The van der Waals surface area contributed by atoms with Crippen LogP contribution in [-0.4, -0.2) is 22.5 Å². The zero-order chi connectivity index (χ0) is 12.4. The number of nitro groups is 1. The Hall–Kier alpha value is -1.95. The van der Waals surface area contributed by atoms with E-state index in [9.17, 15) is 14.9 Å². The molecule has 0 atom stereocenters. The van der Waals surface area contributed by atoms with Gasteiger partial charge >= 0.3 is 0 Å². The Bertz CT molecular complexity index is 473. The van der Waals surface area contributed by atoms with Crippen LogP contribution in [-0.2, 0) is 11.4 Å². The van der Waals surface area contributed by atoms with E-state index < -0.39 is 11.5 Å². The number of aliphatic hydroxyl groups excluding tert-OH is 1. The number of anilines is 1. The van der Waals surface area contributed by atoms with Crippen molar-refractivity contribution in [2.24, 2.45) is 0 Å². The fourth-order valence-corrected chi connectivity index (χ4v) is 1.97. The maximum Gasteiger partial charge on any atom is 0.275 e. The molecule has 1 aliphatic heterocycles. The first-order valence-corrected chi connectivity index (χ1v) is 5.32. The minimum atomic E-state index is -0.541. The van der Waals surface area contributed by atoms with E-state index in [4.69, 9.17) is 5.11 Å². The molecule has 17 heavy (non-hydrogen) atoms. The van der Waals surface area contributed by atoms with Crippen LogP contribution in [0, 0.1) is 10.1 Å². The average Bonchev–Trinajstić information content (AvgIpc) is 2.74. The van der Waals surface area contributed by atoms with Crippen molar-refractivity contribution in [1.82, 2.24) is 0 Å². The van der Waals surface area contributed by atoms with Gasteiger partial charge in [0.25, 0.3) is 5.69 Å². The van der Waals surface area contributed by atoms with Crippen LogP contribution in [0.4, 0.5) is 11.4 Å². The van der Waals surface area contributed by atoms with Crippen molar-refractivity contribution >= 4 is 17.3 Å². The Balaban J connectivity index is 2.37. The van der Waals surface area contributed by atoms with Gasteiger partial charge in [0.1, 0.15) is 0 Å². The summed E-state index contributed by atoms with van der Waals surface area (Å²) >= 11 is 0. The molecule has 6 nitrogen and oxygen atoms in total. The van der Waals surface area contributed by atoms with Crippen LogP contribution in [0.5, 0.6) is 0 Å². The van der Waals surface area contributed by atoms with Crippen molar-refractivity contribution < 1.29 is 14.8 Å². The zero-order valence-corrected chi connectivity index (χ0v) is 9.13. The number of hydrogen-bond donors (Lipinski definition) is 1. The molecule has 0 bridgehead atoms. The number of hydrogen-bond acceptors (Lipinski definition) is 4. The molecule has 0 unspecified atom stereocenters. The molecule has 0 radical (unpaired) electrons. The lowest BCUT2D eigenvalue weighted by Gasteiger charge is -2.16. The Labute approximate surface area is 97.6 Å².